The molecule has 2 aromatic heterocycles. The normalized spacial score (nSPS) is 12.3. The summed E-state index contributed by atoms with van der Waals surface area (Å²) < 4.78 is 2.07. The summed E-state index contributed by atoms with van der Waals surface area (Å²) in [7, 11) is 0. The molecule has 4 aromatic rings. The molecule has 2 heterocycles. The van der Waals surface area contributed by atoms with E-state index in [9.17, 15) is 0 Å². The first-order valence-electron chi connectivity index (χ1n) is 10.5. The van der Waals surface area contributed by atoms with Crippen LogP contribution in [0.1, 0.15) is 49.7 Å². The van der Waals surface area contributed by atoms with Gasteiger partial charge in [0.2, 0.25) is 0 Å². The zero-order valence-electron chi connectivity index (χ0n) is 18.1. The Balaban J connectivity index is 1.85. The van der Waals surface area contributed by atoms with Crippen LogP contribution in [0.5, 0.6) is 0 Å². The Kier molecular flexibility index (Phi) is 7.21. The summed E-state index contributed by atoms with van der Waals surface area (Å²) in [5, 5.41) is 12.6. The molecule has 1 unspecified atom stereocenters. The van der Waals surface area contributed by atoms with Crippen molar-refractivity contribution in [2.75, 3.05) is 0 Å². The molecule has 0 amide bonds. The molecule has 166 valence electrons. The van der Waals surface area contributed by atoms with E-state index in [0.717, 1.165) is 44.9 Å². The summed E-state index contributed by atoms with van der Waals surface area (Å²) >= 11 is 20.4. The fraction of sp³-hybridized carbons (Fsp3) is 0.292. The van der Waals surface area contributed by atoms with E-state index in [1.54, 1.807) is 17.4 Å². The molecule has 0 radical (unpaired) electrons. The van der Waals surface area contributed by atoms with Crippen LogP contribution >= 0.6 is 46.1 Å². The Morgan fingerprint density at radius 3 is 2.41 bits per heavy atom. The zero-order valence-corrected chi connectivity index (χ0v) is 21.2. The van der Waals surface area contributed by atoms with Crippen molar-refractivity contribution in [3.63, 3.8) is 0 Å². The number of hydrogen-bond acceptors (Lipinski definition) is 4. The highest BCUT2D eigenvalue weighted by atomic mass is 35.5. The molecular weight excluding hydrogens is 483 g/mol. The number of halogens is 3. The molecule has 0 spiro atoms. The van der Waals surface area contributed by atoms with Crippen LogP contribution in [0.3, 0.4) is 0 Å². The minimum absolute atomic E-state index is 0.380. The maximum atomic E-state index is 6.57. The van der Waals surface area contributed by atoms with Crippen LogP contribution in [0, 0.1) is 6.92 Å². The molecule has 0 saturated heterocycles. The van der Waals surface area contributed by atoms with Crippen molar-refractivity contribution in [1.82, 2.24) is 19.7 Å². The van der Waals surface area contributed by atoms with E-state index in [1.165, 1.54) is 12.8 Å². The van der Waals surface area contributed by atoms with Gasteiger partial charge in [-0.2, -0.15) is 0 Å². The van der Waals surface area contributed by atoms with Crippen LogP contribution in [0.25, 0.3) is 27.8 Å². The summed E-state index contributed by atoms with van der Waals surface area (Å²) in [5.74, 6) is 1.10. The van der Waals surface area contributed by atoms with E-state index in [-0.39, 0.29) is 0 Å². The van der Waals surface area contributed by atoms with Crippen molar-refractivity contribution in [1.29, 1.82) is 0 Å². The van der Waals surface area contributed by atoms with Gasteiger partial charge in [-0.25, -0.2) is 4.98 Å². The molecule has 1 atom stereocenters. The summed E-state index contributed by atoms with van der Waals surface area (Å²) in [5.41, 5.74) is 3.48. The van der Waals surface area contributed by atoms with Crippen LogP contribution in [-0.4, -0.2) is 19.7 Å². The smallest absolute Gasteiger partial charge is 0.168 e. The van der Waals surface area contributed by atoms with Gasteiger partial charge in [-0.15, -0.1) is 10.2 Å². The summed E-state index contributed by atoms with van der Waals surface area (Å²) in [6.45, 7) is 6.44. The molecular formula is C24H23Cl3N4S. The van der Waals surface area contributed by atoms with E-state index in [2.05, 4.69) is 28.6 Å². The molecule has 4 nitrogen and oxygen atoms in total. The Hall–Kier alpha value is -1.92. The summed E-state index contributed by atoms with van der Waals surface area (Å²) in [4.78, 5) is 4.98. The van der Waals surface area contributed by atoms with Crippen molar-refractivity contribution in [2.45, 2.75) is 46.0 Å². The topological polar surface area (TPSA) is 43.6 Å². The monoisotopic (exact) mass is 504 g/mol. The molecule has 0 aliphatic rings. The average Bonchev–Trinajstić information content (AvgIpc) is 3.38. The van der Waals surface area contributed by atoms with Crippen molar-refractivity contribution in [2.24, 2.45) is 0 Å². The van der Waals surface area contributed by atoms with Gasteiger partial charge in [0.1, 0.15) is 16.5 Å². The third-order valence-electron chi connectivity index (χ3n) is 5.42. The minimum atomic E-state index is 0.380. The summed E-state index contributed by atoms with van der Waals surface area (Å²) in [6, 6.07) is 13.1. The maximum absolute atomic E-state index is 6.57. The van der Waals surface area contributed by atoms with Gasteiger partial charge >= 0.3 is 0 Å². The SMILES string of the molecule is CCCCC(C)c1nnc(-c2nc(-c3ccc(Cl)cc3Cl)n(-c3ccc(Cl)cc3)c2C)s1. The van der Waals surface area contributed by atoms with Crippen LogP contribution < -0.4 is 0 Å². The van der Waals surface area contributed by atoms with Gasteiger partial charge in [-0.1, -0.05) is 72.8 Å². The second kappa shape index (κ2) is 9.92. The third kappa shape index (κ3) is 4.72. The highest BCUT2D eigenvalue weighted by molar-refractivity contribution is 7.14. The standard InChI is InChI=1S/C24H23Cl3N4S/c1-4-5-6-14(2)23-29-30-24(32-23)21-15(3)31(18-10-7-16(25)8-11-18)22(28-21)19-12-9-17(26)13-20(19)27/h7-14H,4-6H2,1-3H3. The number of rotatable bonds is 7. The predicted molar refractivity (Wildman–Crippen MR) is 136 cm³/mol. The van der Waals surface area contributed by atoms with Gasteiger partial charge in [-0.3, -0.25) is 4.57 Å². The van der Waals surface area contributed by atoms with Gasteiger partial charge in [-0.05, 0) is 55.8 Å². The molecule has 32 heavy (non-hydrogen) atoms. The van der Waals surface area contributed by atoms with E-state index >= 15 is 0 Å². The second-order valence-corrected chi connectivity index (χ2v) is 10.1. The van der Waals surface area contributed by atoms with Crippen LogP contribution in [0.15, 0.2) is 42.5 Å². The van der Waals surface area contributed by atoms with Crippen LogP contribution in [0.4, 0.5) is 0 Å². The van der Waals surface area contributed by atoms with Gasteiger partial charge in [0.25, 0.3) is 0 Å². The number of imidazole rings is 1. The Bertz CT molecular complexity index is 1230. The molecule has 0 bridgehead atoms. The van der Waals surface area contributed by atoms with Crippen molar-refractivity contribution in [3.8, 4) is 27.8 Å². The van der Waals surface area contributed by atoms with Crippen molar-refractivity contribution >= 4 is 46.1 Å². The zero-order chi connectivity index (χ0) is 22.8. The predicted octanol–water partition coefficient (Wildman–Crippen LogP) is 8.62. The van der Waals surface area contributed by atoms with E-state index in [0.29, 0.717) is 21.0 Å². The lowest BCUT2D eigenvalue weighted by Crippen LogP contribution is -2.00. The van der Waals surface area contributed by atoms with Crippen molar-refractivity contribution in [3.05, 3.63) is 68.2 Å². The molecule has 4 rings (SSSR count). The molecule has 2 aromatic carbocycles. The van der Waals surface area contributed by atoms with Gasteiger partial charge in [0.15, 0.2) is 5.01 Å². The molecule has 0 fully saturated rings. The summed E-state index contributed by atoms with van der Waals surface area (Å²) in [6.07, 6.45) is 3.46. The lowest BCUT2D eigenvalue weighted by Gasteiger charge is -2.11. The van der Waals surface area contributed by atoms with Gasteiger partial charge < -0.3 is 0 Å². The van der Waals surface area contributed by atoms with Gasteiger partial charge in [0, 0.05) is 27.2 Å². The lowest BCUT2D eigenvalue weighted by molar-refractivity contribution is 0.616. The molecule has 0 aliphatic carbocycles. The quantitative estimate of drug-likeness (QED) is 0.252. The lowest BCUT2D eigenvalue weighted by atomic mass is 10.1. The fourth-order valence-corrected chi connectivity index (χ4v) is 5.21. The molecule has 0 saturated carbocycles. The first-order valence-corrected chi connectivity index (χ1v) is 12.5. The van der Waals surface area contributed by atoms with E-state index in [1.807, 2.05) is 43.3 Å². The minimum Gasteiger partial charge on any atom is -0.296 e. The maximum Gasteiger partial charge on any atom is 0.168 e. The van der Waals surface area contributed by atoms with E-state index in [4.69, 9.17) is 39.8 Å². The number of aromatic nitrogens is 4. The molecule has 0 N–H and O–H groups in total. The fourth-order valence-electron chi connectivity index (χ4n) is 3.62. The van der Waals surface area contributed by atoms with Gasteiger partial charge in [0.05, 0.1) is 10.7 Å². The number of nitrogens with zero attached hydrogens (tertiary/aromatic N) is 4. The molecule has 8 heteroatoms. The second-order valence-electron chi connectivity index (χ2n) is 7.79. The first kappa shape index (κ1) is 23.2. The van der Waals surface area contributed by atoms with E-state index < -0.39 is 0 Å². The number of unbranched alkanes of at least 4 members (excludes halogenated alkanes) is 1. The Morgan fingerprint density at radius 2 is 1.72 bits per heavy atom. The largest absolute Gasteiger partial charge is 0.296 e. The highest BCUT2D eigenvalue weighted by Crippen LogP contribution is 2.38. The van der Waals surface area contributed by atoms with Crippen molar-refractivity contribution < 1.29 is 0 Å². The highest BCUT2D eigenvalue weighted by Gasteiger charge is 2.23. The number of hydrogen-bond donors (Lipinski definition) is 0. The van der Waals surface area contributed by atoms with Crippen LogP contribution in [-0.2, 0) is 0 Å². The molecule has 0 aliphatic heterocycles. The number of benzene rings is 2. The third-order valence-corrected chi connectivity index (χ3v) is 7.38. The average molecular weight is 506 g/mol. The Morgan fingerprint density at radius 1 is 1.00 bits per heavy atom. The van der Waals surface area contributed by atoms with Crippen LogP contribution in [0.2, 0.25) is 15.1 Å². The first-order chi connectivity index (χ1) is 15.4. The Labute approximate surface area is 207 Å².